The van der Waals surface area contributed by atoms with Crippen molar-refractivity contribution >= 4 is 27.3 Å². The van der Waals surface area contributed by atoms with E-state index in [1.54, 1.807) is 18.4 Å². The van der Waals surface area contributed by atoms with Crippen molar-refractivity contribution in [3.63, 3.8) is 0 Å². The van der Waals surface area contributed by atoms with Crippen molar-refractivity contribution in [3.8, 4) is 0 Å². The third-order valence-corrected chi connectivity index (χ3v) is 5.36. The minimum absolute atomic E-state index is 0.0524. The van der Waals surface area contributed by atoms with Gasteiger partial charge in [0.1, 0.15) is 4.90 Å². The van der Waals surface area contributed by atoms with Crippen LogP contribution in [-0.2, 0) is 10.0 Å². The van der Waals surface area contributed by atoms with Gasteiger partial charge in [0.15, 0.2) is 0 Å². The van der Waals surface area contributed by atoms with E-state index in [1.165, 1.54) is 12.4 Å². The molecule has 0 aromatic carbocycles. The fraction of sp³-hybridized carbons (Fsp3) is 0.333. The smallest absolute Gasteiger partial charge is 0.244 e. The van der Waals surface area contributed by atoms with Crippen LogP contribution < -0.4 is 10.0 Å². The summed E-state index contributed by atoms with van der Waals surface area (Å²) in [6, 6.07) is 3.60. The Morgan fingerprint density at radius 1 is 1.25 bits per heavy atom. The maximum Gasteiger partial charge on any atom is 0.244 e. The monoisotopic (exact) mass is 312 g/mol. The van der Waals surface area contributed by atoms with Crippen LogP contribution in [0.4, 0.5) is 5.95 Å². The Morgan fingerprint density at radius 2 is 1.90 bits per heavy atom. The van der Waals surface area contributed by atoms with E-state index in [4.69, 9.17) is 0 Å². The standard InChI is InChI=1S/C12H16N4O2S2/c1-8-4-5-11(19-8)9(2)16-20(17,18)10-6-14-12(13-3)15-7-10/h4-7,9,16H,1-3H3,(H,13,14,15). The lowest BCUT2D eigenvalue weighted by atomic mass is 10.3. The first kappa shape index (κ1) is 14.9. The molecule has 6 nitrogen and oxygen atoms in total. The molecule has 0 aliphatic rings. The molecule has 0 saturated carbocycles. The number of aromatic nitrogens is 2. The molecule has 0 bridgehead atoms. The van der Waals surface area contributed by atoms with Crippen molar-refractivity contribution < 1.29 is 8.42 Å². The molecule has 0 spiro atoms. The van der Waals surface area contributed by atoms with Gasteiger partial charge in [-0.15, -0.1) is 11.3 Å². The number of aryl methyl sites for hydroxylation is 1. The van der Waals surface area contributed by atoms with Gasteiger partial charge < -0.3 is 5.32 Å². The van der Waals surface area contributed by atoms with E-state index in [0.717, 1.165) is 9.75 Å². The third-order valence-electron chi connectivity index (χ3n) is 2.68. The van der Waals surface area contributed by atoms with Crippen molar-refractivity contribution in [2.75, 3.05) is 12.4 Å². The summed E-state index contributed by atoms with van der Waals surface area (Å²) in [6.45, 7) is 3.80. The molecule has 0 aliphatic carbocycles. The highest BCUT2D eigenvalue weighted by Crippen LogP contribution is 2.23. The van der Waals surface area contributed by atoms with Crippen LogP contribution in [-0.4, -0.2) is 25.4 Å². The summed E-state index contributed by atoms with van der Waals surface area (Å²) in [5, 5.41) is 2.74. The van der Waals surface area contributed by atoms with Gasteiger partial charge in [-0.25, -0.2) is 23.1 Å². The lowest BCUT2D eigenvalue weighted by Gasteiger charge is -2.12. The van der Waals surface area contributed by atoms with E-state index in [1.807, 2.05) is 26.0 Å². The molecule has 2 aromatic rings. The molecule has 2 N–H and O–H groups in total. The molecule has 1 atom stereocenters. The molecule has 0 fully saturated rings. The molecule has 0 aliphatic heterocycles. The second kappa shape index (κ2) is 5.86. The van der Waals surface area contributed by atoms with E-state index in [9.17, 15) is 8.42 Å². The highest BCUT2D eigenvalue weighted by molar-refractivity contribution is 7.89. The van der Waals surface area contributed by atoms with Gasteiger partial charge in [-0.2, -0.15) is 0 Å². The van der Waals surface area contributed by atoms with Gasteiger partial charge in [-0.1, -0.05) is 0 Å². The van der Waals surface area contributed by atoms with Crippen molar-refractivity contribution in [2.45, 2.75) is 24.8 Å². The second-order valence-corrected chi connectivity index (χ2v) is 7.32. The summed E-state index contributed by atoms with van der Waals surface area (Å²) in [4.78, 5) is 9.99. The number of nitrogens with zero attached hydrogens (tertiary/aromatic N) is 2. The lowest BCUT2D eigenvalue weighted by molar-refractivity contribution is 0.567. The van der Waals surface area contributed by atoms with Gasteiger partial charge in [0.25, 0.3) is 0 Å². The number of rotatable bonds is 5. The maximum atomic E-state index is 12.2. The Morgan fingerprint density at radius 3 is 2.40 bits per heavy atom. The summed E-state index contributed by atoms with van der Waals surface area (Å²) >= 11 is 1.57. The second-order valence-electron chi connectivity index (χ2n) is 4.28. The van der Waals surface area contributed by atoms with Crippen LogP contribution in [0.15, 0.2) is 29.4 Å². The predicted octanol–water partition coefficient (Wildman–Crippen LogP) is 1.93. The summed E-state index contributed by atoms with van der Waals surface area (Å²) < 4.78 is 27.1. The summed E-state index contributed by atoms with van der Waals surface area (Å²) in [5.41, 5.74) is 0. The molecule has 0 radical (unpaired) electrons. The zero-order valence-corrected chi connectivity index (χ0v) is 13.0. The Hall–Kier alpha value is -1.51. The third kappa shape index (κ3) is 3.33. The van der Waals surface area contributed by atoms with Crippen LogP contribution in [0.2, 0.25) is 0 Å². The van der Waals surface area contributed by atoms with Gasteiger partial charge in [0.05, 0.1) is 18.4 Å². The lowest BCUT2D eigenvalue weighted by Crippen LogP contribution is -2.26. The largest absolute Gasteiger partial charge is 0.357 e. The predicted molar refractivity (Wildman–Crippen MR) is 79.4 cm³/mol. The van der Waals surface area contributed by atoms with Gasteiger partial charge in [0.2, 0.25) is 16.0 Å². The highest BCUT2D eigenvalue weighted by Gasteiger charge is 2.20. The molecule has 0 amide bonds. The van der Waals surface area contributed by atoms with Crippen LogP contribution in [0.1, 0.15) is 22.7 Å². The van der Waals surface area contributed by atoms with E-state index in [2.05, 4.69) is 20.0 Å². The van der Waals surface area contributed by atoms with Crippen LogP contribution in [0.25, 0.3) is 0 Å². The maximum absolute atomic E-state index is 12.2. The van der Waals surface area contributed by atoms with E-state index in [0.29, 0.717) is 5.95 Å². The first-order valence-corrected chi connectivity index (χ1v) is 8.31. The number of nitrogens with one attached hydrogen (secondary N) is 2. The summed E-state index contributed by atoms with van der Waals surface area (Å²) in [6.07, 6.45) is 2.57. The van der Waals surface area contributed by atoms with Crippen molar-refractivity contribution in [3.05, 3.63) is 34.3 Å². The van der Waals surface area contributed by atoms with Gasteiger partial charge in [-0.05, 0) is 26.0 Å². The van der Waals surface area contributed by atoms with Gasteiger partial charge >= 0.3 is 0 Å². The topological polar surface area (TPSA) is 84.0 Å². The molecule has 1 unspecified atom stereocenters. The van der Waals surface area contributed by atoms with Crippen LogP contribution in [0.5, 0.6) is 0 Å². The fourth-order valence-electron chi connectivity index (χ4n) is 1.63. The Labute approximate surface area is 122 Å². The molecule has 8 heteroatoms. The minimum Gasteiger partial charge on any atom is -0.357 e. The molecular formula is C12H16N4O2S2. The number of thiophene rings is 1. The van der Waals surface area contributed by atoms with Gasteiger partial charge in [0, 0.05) is 16.8 Å². The minimum atomic E-state index is -3.62. The van der Waals surface area contributed by atoms with Crippen molar-refractivity contribution in [1.82, 2.24) is 14.7 Å². The number of hydrogen-bond donors (Lipinski definition) is 2. The Balaban J connectivity index is 2.17. The van der Waals surface area contributed by atoms with Crippen molar-refractivity contribution in [2.24, 2.45) is 0 Å². The SMILES string of the molecule is CNc1ncc(S(=O)(=O)NC(C)c2ccc(C)s2)cn1. The normalized spacial score (nSPS) is 13.2. The first-order chi connectivity index (χ1) is 9.42. The van der Waals surface area contributed by atoms with Crippen LogP contribution in [0, 0.1) is 6.92 Å². The van der Waals surface area contributed by atoms with Gasteiger partial charge in [-0.3, -0.25) is 0 Å². The molecule has 2 aromatic heterocycles. The van der Waals surface area contributed by atoms with E-state index < -0.39 is 10.0 Å². The Kier molecular flexibility index (Phi) is 4.36. The summed E-state index contributed by atoms with van der Waals surface area (Å²) in [7, 11) is -1.95. The number of hydrogen-bond acceptors (Lipinski definition) is 6. The van der Waals surface area contributed by atoms with Crippen LogP contribution >= 0.6 is 11.3 Å². The quantitative estimate of drug-likeness (QED) is 0.881. The molecule has 108 valence electrons. The highest BCUT2D eigenvalue weighted by atomic mass is 32.2. The Bertz CT molecular complexity index is 680. The van der Waals surface area contributed by atoms with E-state index >= 15 is 0 Å². The molecule has 2 rings (SSSR count). The average molecular weight is 312 g/mol. The molecular weight excluding hydrogens is 296 g/mol. The number of anilines is 1. The van der Waals surface area contributed by atoms with Crippen molar-refractivity contribution in [1.29, 1.82) is 0 Å². The molecule has 0 saturated heterocycles. The average Bonchev–Trinajstić information content (AvgIpc) is 2.85. The molecule has 2 heterocycles. The number of sulfonamides is 1. The fourth-order valence-corrected chi connectivity index (χ4v) is 3.69. The van der Waals surface area contributed by atoms with Crippen LogP contribution in [0.3, 0.4) is 0 Å². The zero-order valence-electron chi connectivity index (χ0n) is 11.4. The first-order valence-electron chi connectivity index (χ1n) is 6.01. The molecule has 20 heavy (non-hydrogen) atoms. The summed E-state index contributed by atoms with van der Waals surface area (Å²) in [5.74, 6) is 0.380. The zero-order chi connectivity index (χ0) is 14.8. The van der Waals surface area contributed by atoms with E-state index in [-0.39, 0.29) is 10.9 Å².